The van der Waals surface area contributed by atoms with Gasteiger partial charge in [-0.1, -0.05) is 40.2 Å². The topological polar surface area (TPSA) is 15.3 Å². The van der Waals surface area contributed by atoms with Crippen LogP contribution in [0.2, 0.25) is 0 Å². The molecule has 1 aliphatic heterocycles. The van der Waals surface area contributed by atoms with Gasteiger partial charge in [0.25, 0.3) is 0 Å². The Labute approximate surface area is 125 Å². The minimum absolute atomic E-state index is 0.657. The van der Waals surface area contributed by atoms with Crippen LogP contribution in [0.1, 0.15) is 25.3 Å². The number of likely N-dealkylation sites (tertiary alicyclic amines) is 1. The first kappa shape index (κ1) is 14.8. The van der Waals surface area contributed by atoms with E-state index in [1.54, 1.807) is 0 Å². The first-order valence-corrected chi connectivity index (χ1v) is 7.77. The van der Waals surface area contributed by atoms with Crippen molar-refractivity contribution < 1.29 is 0 Å². The van der Waals surface area contributed by atoms with Crippen molar-refractivity contribution in [1.29, 1.82) is 0 Å². The summed E-state index contributed by atoms with van der Waals surface area (Å²) >= 11 is 3.47. The second kappa shape index (κ2) is 7.22. The predicted octanol–water partition coefficient (Wildman–Crippen LogP) is 3.58. The number of piperidine rings is 1. The maximum atomic E-state index is 3.99. The highest BCUT2D eigenvalue weighted by Gasteiger charge is 2.18. The zero-order chi connectivity index (χ0) is 13.7. The van der Waals surface area contributed by atoms with Crippen LogP contribution < -0.4 is 5.32 Å². The van der Waals surface area contributed by atoms with E-state index in [-0.39, 0.29) is 0 Å². The van der Waals surface area contributed by atoms with Crippen LogP contribution in [0.3, 0.4) is 0 Å². The highest BCUT2D eigenvalue weighted by molar-refractivity contribution is 9.10. The Morgan fingerprint density at radius 3 is 2.53 bits per heavy atom. The van der Waals surface area contributed by atoms with E-state index in [4.69, 9.17) is 0 Å². The fourth-order valence-corrected chi connectivity index (χ4v) is 2.81. The highest BCUT2D eigenvalue weighted by atomic mass is 79.9. The molecule has 1 aromatic rings. The van der Waals surface area contributed by atoms with Crippen molar-refractivity contribution in [2.75, 3.05) is 19.6 Å². The van der Waals surface area contributed by atoms with Gasteiger partial charge in [0.2, 0.25) is 0 Å². The first-order valence-electron chi connectivity index (χ1n) is 6.98. The van der Waals surface area contributed by atoms with Crippen LogP contribution in [0.5, 0.6) is 0 Å². The normalized spacial score (nSPS) is 17.6. The Morgan fingerprint density at radius 1 is 1.32 bits per heavy atom. The molecule has 1 fully saturated rings. The molecule has 1 heterocycles. The third-order valence-corrected chi connectivity index (χ3v) is 4.12. The zero-order valence-electron chi connectivity index (χ0n) is 11.7. The Kier molecular flexibility index (Phi) is 5.61. The van der Waals surface area contributed by atoms with E-state index in [9.17, 15) is 0 Å². The summed E-state index contributed by atoms with van der Waals surface area (Å²) in [5.74, 6) is 0. The van der Waals surface area contributed by atoms with Crippen LogP contribution >= 0.6 is 15.9 Å². The van der Waals surface area contributed by atoms with Crippen LogP contribution in [0, 0.1) is 0 Å². The number of benzene rings is 1. The van der Waals surface area contributed by atoms with Crippen molar-refractivity contribution in [3.63, 3.8) is 0 Å². The van der Waals surface area contributed by atoms with E-state index in [1.807, 2.05) is 0 Å². The van der Waals surface area contributed by atoms with Crippen LogP contribution in [-0.4, -0.2) is 30.6 Å². The third kappa shape index (κ3) is 5.09. The quantitative estimate of drug-likeness (QED) is 0.833. The summed E-state index contributed by atoms with van der Waals surface area (Å²) in [4.78, 5) is 2.50. The number of rotatable bonds is 5. The molecule has 19 heavy (non-hydrogen) atoms. The van der Waals surface area contributed by atoms with Crippen molar-refractivity contribution in [3.8, 4) is 0 Å². The molecule has 1 aliphatic rings. The molecule has 0 spiro atoms. The molecule has 0 saturated carbocycles. The van der Waals surface area contributed by atoms with Gasteiger partial charge in [-0.05, 0) is 50.6 Å². The Morgan fingerprint density at radius 2 is 1.95 bits per heavy atom. The van der Waals surface area contributed by atoms with Crippen LogP contribution in [0.25, 0.3) is 0 Å². The second-order valence-corrected chi connectivity index (χ2v) is 6.43. The largest absolute Gasteiger partial charge is 0.310 e. The van der Waals surface area contributed by atoms with Crippen molar-refractivity contribution >= 4 is 15.9 Å². The van der Waals surface area contributed by atoms with E-state index in [0.717, 1.165) is 17.6 Å². The summed E-state index contributed by atoms with van der Waals surface area (Å²) in [6.07, 6.45) is 2.48. The molecule has 104 valence electrons. The minimum Gasteiger partial charge on any atom is -0.310 e. The second-order valence-electron chi connectivity index (χ2n) is 5.51. The molecule has 1 saturated heterocycles. The minimum atomic E-state index is 0.657. The summed E-state index contributed by atoms with van der Waals surface area (Å²) in [6, 6.07) is 9.21. The standard InChI is InChI=1S/C16H23BrN2/c1-13(2)12-19-9-7-16(8-10-19)18-11-14-3-5-15(17)6-4-14/h3-6,16,18H,1,7-12H2,2H3. The lowest BCUT2D eigenvalue weighted by Crippen LogP contribution is -2.42. The molecule has 1 N–H and O–H groups in total. The molecule has 3 heteroatoms. The van der Waals surface area contributed by atoms with Crippen LogP contribution in [-0.2, 0) is 6.54 Å². The van der Waals surface area contributed by atoms with Crippen LogP contribution in [0.15, 0.2) is 40.9 Å². The lowest BCUT2D eigenvalue weighted by molar-refractivity contribution is 0.211. The first-order chi connectivity index (χ1) is 9.13. The molecule has 0 unspecified atom stereocenters. The number of hydrogen-bond donors (Lipinski definition) is 1. The SMILES string of the molecule is C=C(C)CN1CCC(NCc2ccc(Br)cc2)CC1. The average molecular weight is 323 g/mol. The summed E-state index contributed by atoms with van der Waals surface area (Å²) in [6.45, 7) is 10.5. The smallest absolute Gasteiger partial charge is 0.0208 e. The average Bonchev–Trinajstić information content (AvgIpc) is 2.39. The van der Waals surface area contributed by atoms with E-state index in [1.165, 1.54) is 37.1 Å². The van der Waals surface area contributed by atoms with Gasteiger partial charge in [-0.2, -0.15) is 0 Å². The van der Waals surface area contributed by atoms with Gasteiger partial charge in [0.05, 0.1) is 0 Å². The molecule has 0 radical (unpaired) electrons. The molecule has 2 rings (SSSR count). The van der Waals surface area contributed by atoms with Crippen molar-refractivity contribution in [2.24, 2.45) is 0 Å². The fourth-order valence-electron chi connectivity index (χ4n) is 2.54. The third-order valence-electron chi connectivity index (χ3n) is 3.59. The van der Waals surface area contributed by atoms with E-state index >= 15 is 0 Å². The molecular formula is C16H23BrN2. The Bertz CT molecular complexity index is 405. The number of hydrogen-bond acceptors (Lipinski definition) is 2. The molecule has 2 nitrogen and oxygen atoms in total. The van der Waals surface area contributed by atoms with Crippen molar-refractivity contribution in [1.82, 2.24) is 10.2 Å². The molecule has 0 bridgehead atoms. The number of halogens is 1. The Balaban J connectivity index is 1.71. The summed E-state index contributed by atoms with van der Waals surface area (Å²) < 4.78 is 1.14. The predicted molar refractivity (Wildman–Crippen MR) is 85.3 cm³/mol. The van der Waals surface area contributed by atoms with Crippen molar-refractivity contribution in [3.05, 3.63) is 46.5 Å². The van der Waals surface area contributed by atoms with Gasteiger partial charge < -0.3 is 5.32 Å². The lowest BCUT2D eigenvalue weighted by atomic mass is 10.0. The van der Waals surface area contributed by atoms with Crippen molar-refractivity contribution in [2.45, 2.75) is 32.4 Å². The van der Waals surface area contributed by atoms with E-state index in [2.05, 4.69) is 63.9 Å². The fraction of sp³-hybridized carbons (Fsp3) is 0.500. The monoisotopic (exact) mass is 322 g/mol. The highest BCUT2D eigenvalue weighted by Crippen LogP contribution is 2.14. The van der Waals surface area contributed by atoms with Gasteiger partial charge in [-0.25, -0.2) is 0 Å². The summed E-state index contributed by atoms with van der Waals surface area (Å²) in [5, 5.41) is 3.67. The van der Waals surface area contributed by atoms with Crippen LogP contribution in [0.4, 0.5) is 0 Å². The molecule has 0 amide bonds. The van der Waals surface area contributed by atoms with Gasteiger partial charge in [0.1, 0.15) is 0 Å². The van der Waals surface area contributed by atoms with Gasteiger partial charge in [-0.3, -0.25) is 4.90 Å². The lowest BCUT2D eigenvalue weighted by Gasteiger charge is -2.32. The molecule has 0 aromatic heterocycles. The number of nitrogens with zero attached hydrogens (tertiary/aromatic N) is 1. The van der Waals surface area contributed by atoms with Gasteiger partial charge in [0.15, 0.2) is 0 Å². The molecule has 1 aromatic carbocycles. The van der Waals surface area contributed by atoms with Gasteiger partial charge in [-0.15, -0.1) is 0 Å². The van der Waals surface area contributed by atoms with E-state index in [0.29, 0.717) is 6.04 Å². The Hall–Kier alpha value is -0.640. The summed E-state index contributed by atoms with van der Waals surface area (Å²) in [7, 11) is 0. The molecule has 0 aliphatic carbocycles. The van der Waals surface area contributed by atoms with Gasteiger partial charge in [0, 0.05) is 23.6 Å². The summed E-state index contributed by atoms with van der Waals surface area (Å²) in [5.41, 5.74) is 2.62. The van der Waals surface area contributed by atoms with E-state index < -0.39 is 0 Å². The maximum Gasteiger partial charge on any atom is 0.0208 e. The zero-order valence-corrected chi connectivity index (χ0v) is 13.2. The molecule has 0 atom stereocenters. The van der Waals surface area contributed by atoms with Gasteiger partial charge >= 0.3 is 0 Å². The molecular weight excluding hydrogens is 300 g/mol. The number of nitrogens with one attached hydrogen (secondary N) is 1. The maximum absolute atomic E-state index is 3.99.